The second kappa shape index (κ2) is 21.6. The molecule has 0 aromatic heterocycles. The van der Waals surface area contributed by atoms with E-state index < -0.39 is 66.8 Å². The molecule has 4 amide bonds. The van der Waals surface area contributed by atoms with Crippen LogP contribution in [0.2, 0.25) is 0 Å². The number of esters is 2. The van der Waals surface area contributed by atoms with E-state index in [0.717, 1.165) is 16.4 Å². The third kappa shape index (κ3) is 14.1. The smallest absolute Gasteiger partial charge is 0.328 e. The van der Waals surface area contributed by atoms with E-state index in [9.17, 15) is 28.8 Å². The molecular weight excluding hydrogens is 697 g/mol. The summed E-state index contributed by atoms with van der Waals surface area (Å²) in [5, 5.41) is 7.89. The lowest BCUT2D eigenvalue weighted by atomic mass is 9.97. The highest BCUT2D eigenvalue weighted by Crippen LogP contribution is 2.21. The van der Waals surface area contributed by atoms with Gasteiger partial charge in [-0.1, -0.05) is 102 Å². The summed E-state index contributed by atoms with van der Waals surface area (Å²) in [6.45, 7) is 11.4. The largest absolute Gasteiger partial charge is 0.467 e. The molecule has 0 saturated carbocycles. The minimum Gasteiger partial charge on any atom is -0.467 e. The number of methoxy groups -OCH3 is 2. The SMILES string of the molecule is CC[C@H](C)[C@H](NC(=O)CNC(=O)CN(C(=O)CN1CSC(=S)N(CC(C)C)C1)[C@H](C(=O)OC)C(C)C)C(=O)N[C@@H](Cc1ccccc1)C(=O)OC. The molecule has 16 heteroatoms. The van der Waals surface area contributed by atoms with Gasteiger partial charge in [-0.3, -0.25) is 24.1 Å². The highest BCUT2D eigenvalue weighted by Gasteiger charge is 2.36. The molecule has 1 fully saturated rings. The highest BCUT2D eigenvalue weighted by molar-refractivity contribution is 8.22. The van der Waals surface area contributed by atoms with Crippen molar-refractivity contribution in [2.75, 3.05) is 52.9 Å². The van der Waals surface area contributed by atoms with Crippen LogP contribution in [-0.2, 0) is 44.7 Å². The van der Waals surface area contributed by atoms with Gasteiger partial charge in [0.25, 0.3) is 0 Å². The number of rotatable bonds is 19. The lowest BCUT2D eigenvalue weighted by Gasteiger charge is -2.39. The molecule has 0 radical (unpaired) electrons. The second-order valence-corrected chi connectivity index (χ2v) is 14.9. The number of hydrogen-bond acceptors (Lipinski definition) is 11. The molecule has 1 aromatic carbocycles. The van der Waals surface area contributed by atoms with Gasteiger partial charge in [-0.2, -0.15) is 0 Å². The normalized spacial score (nSPS) is 15.7. The topological polar surface area (TPSA) is 167 Å². The van der Waals surface area contributed by atoms with E-state index in [-0.39, 0.29) is 24.8 Å². The van der Waals surface area contributed by atoms with Gasteiger partial charge in [-0.05, 0) is 23.3 Å². The van der Waals surface area contributed by atoms with Crippen molar-refractivity contribution in [3.8, 4) is 0 Å². The molecule has 4 atom stereocenters. The van der Waals surface area contributed by atoms with Crippen molar-refractivity contribution >= 4 is 63.9 Å². The molecule has 1 aromatic rings. The van der Waals surface area contributed by atoms with Gasteiger partial charge < -0.3 is 35.2 Å². The average molecular weight is 751 g/mol. The quantitative estimate of drug-likeness (QED) is 0.139. The Labute approximate surface area is 311 Å². The van der Waals surface area contributed by atoms with E-state index in [1.54, 1.807) is 20.8 Å². The molecule has 0 aliphatic carbocycles. The molecule has 1 saturated heterocycles. The standard InChI is InChI=1S/C35H54N6O8S2/c1-9-24(6)30(32(45)37-26(33(46)48-7)15-25-13-11-10-12-14-25)38-27(42)16-36-28(43)18-41(31(23(4)5)34(47)49-8)29(44)19-39-20-40(17-22(2)3)35(50)51-21-39/h10-14,22-24,26,30-31H,9,15-21H2,1-8H3,(H,36,43)(H,37,45)(H,38,42)/t24-,26-,30-,31-/m0/s1. The fraction of sp³-hybridized carbons (Fsp3) is 0.629. The predicted octanol–water partition coefficient (Wildman–Crippen LogP) is 1.77. The third-order valence-corrected chi connectivity index (χ3v) is 9.94. The summed E-state index contributed by atoms with van der Waals surface area (Å²) in [6.07, 6.45) is 0.721. The van der Waals surface area contributed by atoms with E-state index in [1.165, 1.54) is 30.9 Å². The lowest BCUT2D eigenvalue weighted by molar-refractivity contribution is -0.156. The second-order valence-electron chi connectivity index (χ2n) is 13.3. The van der Waals surface area contributed by atoms with E-state index in [2.05, 4.69) is 29.8 Å². The van der Waals surface area contributed by atoms with Gasteiger partial charge in [0.1, 0.15) is 29.0 Å². The molecule has 0 spiro atoms. The summed E-state index contributed by atoms with van der Waals surface area (Å²) in [5.74, 6) is -3.54. The van der Waals surface area contributed by atoms with Gasteiger partial charge in [-0.25, -0.2) is 9.59 Å². The minimum atomic E-state index is -1.05. The molecule has 14 nitrogen and oxygen atoms in total. The monoisotopic (exact) mass is 750 g/mol. The van der Waals surface area contributed by atoms with Crippen LogP contribution in [0.5, 0.6) is 0 Å². The Morgan fingerprint density at radius 2 is 1.59 bits per heavy atom. The first kappa shape index (κ1) is 43.4. The molecule has 2 rings (SSSR count). The summed E-state index contributed by atoms with van der Waals surface area (Å²) in [6, 6.07) is 6.07. The van der Waals surface area contributed by atoms with Gasteiger partial charge in [0.2, 0.25) is 23.6 Å². The van der Waals surface area contributed by atoms with Gasteiger partial charge in [-0.15, -0.1) is 0 Å². The fourth-order valence-corrected chi connectivity index (χ4v) is 6.58. The van der Waals surface area contributed by atoms with Crippen LogP contribution in [0.25, 0.3) is 0 Å². The molecule has 0 unspecified atom stereocenters. The number of hydrogen-bond donors (Lipinski definition) is 3. The van der Waals surface area contributed by atoms with Crippen molar-refractivity contribution in [2.24, 2.45) is 17.8 Å². The molecule has 284 valence electrons. The highest BCUT2D eigenvalue weighted by atomic mass is 32.2. The van der Waals surface area contributed by atoms with Crippen LogP contribution in [0, 0.1) is 17.8 Å². The van der Waals surface area contributed by atoms with E-state index in [1.807, 2.05) is 47.1 Å². The van der Waals surface area contributed by atoms with Crippen molar-refractivity contribution < 1.29 is 38.2 Å². The zero-order chi connectivity index (χ0) is 38.2. The van der Waals surface area contributed by atoms with Gasteiger partial charge >= 0.3 is 11.9 Å². The summed E-state index contributed by atoms with van der Waals surface area (Å²) in [5.41, 5.74) is 0.812. The molecule has 1 heterocycles. The summed E-state index contributed by atoms with van der Waals surface area (Å²) < 4.78 is 10.7. The van der Waals surface area contributed by atoms with Crippen LogP contribution in [0.1, 0.15) is 53.5 Å². The summed E-state index contributed by atoms with van der Waals surface area (Å²) in [7, 11) is 2.45. The number of nitrogens with one attached hydrogen (secondary N) is 3. The van der Waals surface area contributed by atoms with Crippen molar-refractivity contribution in [1.82, 2.24) is 30.7 Å². The minimum absolute atomic E-state index is 0.0687. The Bertz CT molecular complexity index is 1360. The number of nitrogens with zero attached hydrogens (tertiary/aromatic N) is 3. The Morgan fingerprint density at radius 1 is 0.941 bits per heavy atom. The van der Waals surface area contributed by atoms with Crippen LogP contribution in [0.4, 0.5) is 0 Å². The van der Waals surface area contributed by atoms with Crippen LogP contribution in [0.15, 0.2) is 30.3 Å². The van der Waals surface area contributed by atoms with Crippen LogP contribution in [0.3, 0.4) is 0 Å². The average Bonchev–Trinajstić information content (AvgIpc) is 3.09. The molecule has 1 aliphatic rings. The number of ether oxygens (including phenoxy) is 2. The molecule has 3 N–H and O–H groups in total. The van der Waals surface area contributed by atoms with Crippen molar-refractivity contribution in [3.63, 3.8) is 0 Å². The maximum Gasteiger partial charge on any atom is 0.328 e. The molecule has 1 aliphatic heterocycles. The van der Waals surface area contributed by atoms with Crippen molar-refractivity contribution in [3.05, 3.63) is 35.9 Å². The summed E-state index contributed by atoms with van der Waals surface area (Å²) >= 11 is 6.94. The fourth-order valence-electron chi connectivity index (χ4n) is 5.51. The number of benzene rings is 1. The molecule has 51 heavy (non-hydrogen) atoms. The zero-order valence-electron chi connectivity index (χ0n) is 30.9. The zero-order valence-corrected chi connectivity index (χ0v) is 32.6. The van der Waals surface area contributed by atoms with Crippen LogP contribution >= 0.6 is 24.0 Å². The van der Waals surface area contributed by atoms with Gasteiger partial charge in [0.05, 0.1) is 39.9 Å². The van der Waals surface area contributed by atoms with E-state index in [0.29, 0.717) is 24.9 Å². The van der Waals surface area contributed by atoms with Gasteiger partial charge in [0, 0.05) is 13.0 Å². The molecular formula is C35H54N6O8S2. The summed E-state index contributed by atoms with van der Waals surface area (Å²) in [4.78, 5) is 84.0. The van der Waals surface area contributed by atoms with Crippen molar-refractivity contribution in [2.45, 2.75) is 72.5 Å². The van der Waals surface area contributed by atoms with E-state index >= 15 is 0 Å². The predicted molar refractivity (Wildman–Crippen MR) is 199 cm³/mol. The Kier molecular flexibility index (Phi) is 18.4. The number of amides is 4. The maximum atomic E-state index is 13.7. The first-order valence-corrected chi connectivity index (χ1v) is 18.5. The van der Waals surface area contributed by atoms with Gasteiger partial charge in [0.15, 0.2) is 0 Å². The van der Waals surface area contributed by atoms with Crippen LogP contribution in [-0.4, -0.2) is 126 Å². The third-order valence-electron chi connectivity index (χ3n) is 8.33. The Balaban J connectivity index is 2.13. The Hall–Kier alpha value is -3.76. The van der Waals surface area contributed by atoms with Crippen molar-refractivity contribution in [1.29, 1.82) is 0 Å². The number of carbonyl (C=O) groups excluding carboxylic acids is 6. The number of carbonyl (C=O) groups is 6. The number of thiocarbonyl (C=S) groups is 1. The lowest BCUT2D eigenvalue weighted by Crippen LogP contribution is -2.57. The van der Waals surface area contributed by atoms with Crippen LogP contribution < -0.4 is 16.0 Å². The van der Waals surface area contributed by atoms with E-state index in [4.69, 9.17) is 21.7 Å². The maximum absolute atomic E-state index is 13.7. The molecule has 0 bridgehead atoms. The number of thioether (sulfide) groups is 1. The first-order valence-electron chi connectivity index (χ1n) is 17.1. The first-order chi connectivity index (χ1) is 24.1. The Morgan fingerprint density at radius 3 is 2.16 bits per heavy atom.